The lowest BCUT2D eigenvalue weighted by atomic mass is 9.97. The third-order valence-corrected chi connectivity index (χ3v) is 2.55. The first-order valence-corrected chi connectivity index (χ1v) is 4.78. The number of nitrogens with zero attached hydrogens (tertiary/aromatic N) is 1. The molecule has 1 unspecified atom stereocenters. The van der Waals surface area contributed by atoms with Gasteiger partial charge in [0.25, 0.3) is 0 Å². The van der Waals surface area contributed by atoms with E-state index >= 15 is 0 Å². The number of carbonyl (C=O) groups excluding carboxylic acids is 1. The molecule has 1 saturated heterocycles. The highest BCUT2D eigenvalue weighted by molar-refractivity contribution is 5.79. The summed E-state index contributed by atoms with van der Waals surface area (Å²) in [7, 11) is 0. The number of aliphatic hydroxyl groups excluding tert-OH is 1. The summed E-state index contributed by atoms with van der Waals surface area (Å²) in [6.07, 6.45) is 0.749. The second-order valence-electron chi connectivity index (χ2n) is 3.77. The highest BCUT2D eigenvalue weighted by Crippen LogP contribution is 2.18. The molecule has 76 valence electrons. The van der Waals surface area contributed by atoms with Crippen LogP contribution in [0.5, 0.6) is 0 Å². The van der Waals surface area contributed by atoms with Crippen LogP contribution in [0.25, 0.3) is 0 Å². The number of carbonyl (C=O) groups is 1. The van der Waals surface area contributed by atoms with Gasteiger partial charge >= 0.3 is 0 Å². The van der Waals surface area contributed by atoms with E-state index in [1.807, 2.05) is 6.92 Å². The molecule has 3 N–H and O–H groups in total. The lowest BCUT2D eigenvalue weighted by molar-refractivity contribution is -0.142. The van der Waals surface area contributed by atoms with Crippen LogP contribution in [0.15, 0.2) is 0 Å². The van der Waals surface area contributed by atoms with E-state index in [1.165, 1.54) is 0 Å². The molecule has 1 atom stereocenters. The number of hydrogen-bond acceptors (Lipinski definition) is 3. The normalized spacial score (nSPS) is 19.8. The van der Waals surface area contributed by atoms with Gasteiger partial charge in [0.1, 0.15) is 0 Å². The van der Waals surface area contributed by atoms with Crippen LogP contribution in [0.4, 0.5) is 0 Å². The van der Waals surface area contributed by atoms with Crippen molar-refractivity contribution in [1.82, 2.24) is 4.90 Å². The Labute approximate surface area is 78.7 Å². The largest absolute Gasteiger partial charge is 0.396 e. The fourth-order valence-corrected chi connectivity index (χ4v) is 1.55. The zero-order valence-electron chi connectivity index (χ0n) is 8.07. The maximum atomic E-state index is 11.6. The second kappa shape index (κ2) is 4.58. The summed E-state index contributed by atoms with van der Waals surface area (Å²) in [6.45, 7) is 4.08. The van der Waals surface area contributed by atoms with Crippen LogP contribution in [-0.2, 0) is 4.79 Å². The van der Waals surface area contributed by atoms with Gasteiger partial charge in [-0.2, -0.15) is 0 Å². The highest BCUT2D eigenvalue weighted by atomic mass is 16.3. The fourth-order valence-electron chi connectivity index (χ4n) is 1.55. The number of hydrogen-bond donors (Lipinski definition) is 2. The maximum absolute atomic E-state index is 11.6. The summed E-state index contributed by atoms with van der Waals surface area (Å²) in [4.78, 5) is 13.4. The van der Waals surface area contributed by atoms with Gasteiger partial charge in [0.2, 0.25) is 5.91 Å². The van der Waals surface area contributed by atoms with Crippen molar-refractivity contribution in [2.45, 2.75) is 13.3 Å². The van der Waals surface area contributed by atoms with Crippen LogP contribution in [0.3, 0.4) is 0 Å². The van der Waals surface area contributed by atoms with Crippen molar-refractivity contribution in [1.29, 1.82) is 0 Å². The topological polar surface area (TPSA) is 66.6 Å². The lowest BCUT2D eigenvalue weighted by Gasteiger charge is -2.39. The Morgan fingerprint density at radius 3 is 2.77 bits per heavy atom. The third-order valence-electron chi connectivity index (χ3n) is 2.55. The minimum Gasteiger partial charge on any atom is -0.396 e. The van der Waals surface area contributed by atoms with Gasteiger partial charge in [-0.25, -0.2) is 0 Å². The molecule has 1 rings (SSSR count). The van der Waals surface area contributed by atoms with Crippen molar-refractivity contribution in [2.24, 2.45) is 17.6 Å². The first kappa shape index (κ1) is 10.5. The fraction of sp³-hybridized carbons (Fsp3) is 0.889. The van der Waals surface area contributed by atoms with Gasteiger partial charge in [-0.3, -0.25) is 4.79 Å². The first-order chi connectivity index (χ1) is 6.19. The van der Waals surface area contributed by atoms with E-state index in [-0.39, 0.29) is 18.4 Å². The smallest absolute Gasteiger partial charge is 0.225 e. The Morgan fingerprint density at radius 2 is 2.31 bits per heavy atom. The van der Waals surface area contributed by atoms with Crippen molar-refractivity contribution in [2.75, 3.05) is 26.2 Å². The van der Waals surface area contributed by atoms with Gasteiger partial charge in [0, 0.05) is 31.5 Å². The Balaban J connectivity index is 2.25. The SMILES string of the molecule is CC(CCN)C(=O)N1CC(CO)C1. The van der Waals surface area contributed by atoms with Gasteiger partial charge in [-0.1, -0.05) is 6.92 Å². The predicted molar refractivity (Wildman–Crippen MR) is 50.0 cm³/mol. The van der Waals surface area contributed by atoms with Gasteiger partial charge in [-0.05, 0) is 13.0 Å². The van der Waals surface area contributed by atoms with Crippen molar-refractivity contribution in [3.05, 3.63) is 0 Å². The van der Waals surface area contributed by atoms with Gasteiger partial charge in [-0.15, -0.1) is 0 Å². The maximum Gasteiger partial charge on any atom is 0.225 e. The van der Waals surface area contributed by atoms with Gasteiger partial charge in [0.15, 0.2) is 0 Å². The third kappa shape index (κ3) is 2.42. The van der Waals surface area contributed by atoms with Crippen molar-refractivity contribution >= 4 is 5.91 Å². The summed E-state index contributed by atoms with van der Waals surface area (Å²) in [5.41, 5.74) is 5.37. The molecule has 0 aromatic rings. The number of nitrogens with two attached hydrogens (primary N) is 1. The monoisotopic (exact) mass is 186 g/mol. The molecule has 0 aliphatic carbocycles. The van der Waals surface area contributed by atoms with E-state index in [4.69, 9.17) is 10.8 Å². The Morgan fingerprint density at radius 1 is 1.69 bits per heavy atom. The Bertz CT molecular complexity index is 178. The van der Waals surface area contributed by atoms with Crippen molar-refractivity contribution < 1.29 is 9.90 Å². The van der Waals surface area contributed by atoms with Crippen LogP contribution in [0.1, 0.15) is 13.3 Å². The van der Waals surface area contributed by atoms with Crippen LogP contribution in [-0.4, -0.2) is 42.2 Å². The standard InChI is InChI=1S/C9H18N2O2/c1-7(2-3-10)9(13)11-4-8(5-11)6-12/h7-8,12H,2-6,10H2,1H3. The van der Waals surface area contributed by atoms with Crippen molar-refractivity contribution in [3.8, 4) is 0 Å². The molecule has 0 saturated carbocycles. The second-order valence-corrected chi connectivity index (χ2v) is 3.77. The van der Waals surface area contributed by atoms with E-state index in [2.05, 4.69) is 0 Å². The molecule has 13 heavy (non-hydrogen) atoms. The van der Waals surface area contributed by atoms with E-state index in [1.54, 1.807) is 4.90 Å². The number of aliphatic hydroxyl groups is 1. The van der Waals surface area contributed by atoms with Gasteiger partial charge in [0.05, 0.1) is 0 Å². The molecule has 0 spiro atoms. The molecule has 1 amide bonds. The van der Waals surface area contributed by atoms with Crippen LogP contribution < -0.4 is 5.73 Å². The summed E-state index contributed by atoms with van der Waals surface area (Å²) >= 11 is 0. The van der Waals surface area contributed by atoms with E-state index in [0.29, 0.717) is 25.6 Å². The van der Waals surface area contributed by atoms with Crippen molar-refractivity contribution in [3.63, 3.8) is 0 Å². The Kier molecular flexibility index (Phi) is 3.69. The molecule has 0 bridgehead atoms. The van der Waals surface area contributed by atoms with Crippen LogP contribution in [0.2, 0.25) is 0 Å². The Hall–Kier alpha value is -0.610. The zero-order valence-corrected chi connectivity index (χ0v) is 8.07. The van der Waals surface area contributed by atoms with E-state index in [0.717, 1.165) is 6.42 Å². The average Bonchev–Trinajstić information content (AvgIpc) is 2.02. The number of rotatable bonds is 4. The first-order valence-electron chi connectivity index (χ1n) is 4.78. The summed E-state index contributed by atoms with van der Waals surface area (Å²) in [5.74, 6) is 0.508. The molecule has 1 fully saturated rings. The quantitative estimate of drug-likeness (QED) is 0.617. The number of likely N-dealkylation sites (tertiary alicyclic amines) is 1. The minimum atomic E-state index is 0.0321. The van der Waals surface area contributed by atoms with E-state index in [9.17, 15) is 4.79 Å². The zero-order chi connectivity index (χ0) is 9.84. The average molecular weight is 186 g/mol. The highest BCUT2D eigenvalue weighted by Gasteiger charge is 2.31. The molecule has 4 nitrogen and oxygen atoms in total. The van der Waals surface area contributed by atoms with Crippen LogP contribution in [0, 0.1) is 11.8 Å². The predicted octanol–water partition coefficient (Wildman–Crippen LogP) is -0.578. The lowest BCUT2D eigenvalue weighted by Crippen LogP contribution is -2.53. The minimum absolute atomic E-state index is 0.0321. The molecular formula is C9H18N2O2. The van der Waals surface area contributed by atoms with E-state index < -0.39 is 0 Å². The molecule has 0 aromatic carbocycles. The molecule has 0 radical (unpaired) electrons. The molecule has 1 aliphatic heterocycles. The molecule has 1 aliphatic rings. The summed E-state index contributed by atoms with van der Waals surface area (Å²) in [5, 5.41) is 8.77. The summed E-state index contributed by atoms with van der Waals surface area (Å²) < 4.78 is 0. The molecule has 4 heteroatoms. The number of amides is 1. The molecule has 0 aromatic heterocycles. The van der Waals surface area contributed by atoms with Crippen LogP contribution >= 0.6 is 0 Å². The van der Waals surface area contributed by atoms with Gasteiger partial charge < -0.3 is 15.7 Å². The molecule has 1 heterocycles. The summed E-state index contributed by atoms with van der Waals surface area (Å²) in [6, 6.07) is 0. The molecular weight excluding hydrogens is 168 g/mol.